The maximum absolute atomic E-state index is 12.0. The monoisotopic (exact) mass is 305 g/mol. The zero-order valence-electron chi connectivity index (χ0n) is 12.1. The molecule has 1 aliphatic rings. The number of nitriles is 1. The number of morpholine rings is 1. The molecule has 0 radical (unpaired) electrons. The van der Waals surface area contributed by atoms with Gasteiger partial charge in [-0.25, -0.2) is 0 Å². The summed E-state index contributed by atoms with van der Waals surface area (Å²) in [5, 5.41) is 13.9. The van der Waals surface area contributed by atoms with Crippen LogP contribution < -0.4 is 5.32 Å². The molecular weight excluding hydrogens is 286 g/mol. The zero-order valence-corrected chi connectivity index (χ0v) is 12.9. The lowest BCUT2D eigenvalue weighted by Crippen LogP contribution is -2.41. The molecule has 21 heavy (non-hydrogen) atoms. The number of ether oxygens (including phenoxy) is 1. The summed E-state index contributed by atoms with van der Waals surface area (Å²) in [5.41, 5.74) is 1.23. The van der Waals surface area contributed by atoms with Crippen LogP contribution in [0.5, 0.6) is 0 Å². The Labute approximate surface area is 128 Å². The molecule has 0 saturated carbocycles. The molecule has 0 aromatic carbocycles. The van der Waals surface area contributed by atoms with Crippen molar-refractivity contribution < 1.29 is 9.53 Å². The van der Waals surface area contributed by atoms with E-state index in [4.69, 9.17) is 10.00 Å². The third kappa shape index (κ3) is 4.67. The molecule has 1 aromatic rings. The summed E-state index contributed by atoms with van der Waals surface area (Å²) < 4.78 is 5.27. The standard InChI is InChI=1S/C15H19N3O2S/c1-12-2-9-21-14(12)10-13(11-16)15(19)17-3-4-18-5-7-20-8-6-18/h2,9-10H,3-8H2,1H3,(H,17,19)/b13-10+. The van der Waals surface area contributed by atoms with E-state index in [-0.39, 0.29) is 11.5 Å². The molecule has 1 aliphatic heterocycles. The highest BCUT2D eigenvalue weighted by Crippen LogP contribution is 2.18. The van der Waals surface area contributed by atoms with Crippen LogP contribution in [-0.2, 0) is 9.53 Å². The quantitative estimate of drug-likeness (QED) is 0.660. The topological polar surface area (TPSA) is 65.4 Å². The molecule has 5 nitrogen and oxygen atoms in total. The van der Waals surface area contributed by atoms with Crippen molar-refractivity contribution >= 4 is 23.3 Å². The largest absolute Gasteiger partial charge is 0.379 e. The van der Waals surface area contributed by atoms with E-state index < -0.39 is 0 Å². The highest BCUT2D eigenvalue weighted by molar-refractivity contribution is 7.11. The highest BCUT2D eigenvalue weighted by atomic mass is 32.1. The third-order valence-electron chi connectivity index (χ3n) is 3.36. The van der Waals surface area contributed by atoms with E-state index in [0.29, 0.717) is 6.54 Å². The van der Waals surface area contributed by atoms with Crippen LogP contribution in [0.3, 0.4) is 0 Å². The molecule has 1 fully saturated rings. The van der Waals surface area contributed by atoms with Gasteiger partial charge in [-0.3, -0.25) is 9.69 Å². The lowest BCUT2D eigenvalue weighted by atomic mass is 10.2. The summed E-state index contributed by atoms with van der Waals surface area (Å²) in [7, 11) is 0. The van der Waals surface area contributed by atoms with Gasteiger partial charge in [-0.1, -0.05) is 0 Å². The van der Waals surface area contributed by atoms with E-state index in [1.165, 1.54) is 11.3 Å². The fraction of sp³-hybridized carbons (Fsp3) is 0.467. The second-order valence-corrected chi connectivity index (χ2v) is 5.80. The second kappa shape index (κ2) is 7.93. The number of aryl methyl sites for hydroxylation is 1. The molecule has 0 aliphatic carbocycles. The summed E-state index contributed by atoms with van der Waals surface area (Å²) in [5.74, 6) is -0.307. The fourth-order valence-electron chi connectivity index (χ4n) is 2.06. The summed E-state index contributed by atoms with van der Waals surface area (Å²) in [4.78, 5) is 15.2. The first-order chi connectivity index (χ1) is 10.2. The number of carbonyl (C=O) groups is 1. The lowest BCUT2D eigenvalue weighted by Gasteiger charge is -2.26. The van der Waals surface area contributed by atoms with Crippen molar-refractivity contribution in [2.75, 3.05) is 39.4 Å². The predicted octanol–water partition coefficient (Wildman–Crippen LogP) is 1.41. The van der Waals surface area contributed by atoms with Gasteiger partial charge >= 0.3 is 0 Å². The Morgan fingerprint density at radius 3 is 2.95 bits per heavy atom. The van der Waals surface area contributed by atoms with Crippen LogP contribution in [0.15, 0.2) is 17.0 Å². The van der Waals surface area contributed by atoms with Gasteiger partial charge in [0.25, 0.3) is 5.91 Å². The minimum Gasteiger partial charge on any atom is -0.379 e. The molecule has 1 saturated heterocycles. The van der Waals surface area contributed by atoms with E-state index >= 15 is 0 Å². The maximum atomic E-state index is 12.0. The van der Waals surface area contributed by atoms with Crippen LogP contribution in [0.25, 0.3) is 6.08 Å². The average molecular weight is 305 g/mol. The molecule has 1 aromatic heterocycles. The Hall–Kier alpha value is -1.68. The van der Waals surface area contributed by atoms with Crippen LogP contribution in [-0.4, -0.2) is 50.2 Å². The van der Waals surface area contributed by atoms with Gasteiger partial charge < -0.3 is 10.1 Å². The van der Waals surface area contributed by atoms with Gasteiger partial charge in [0.2, 0.25) is 0 Å². The number of hydrogen-bond acceptors (Lipinski definition) is 5. The normalized spacial score (nSPS) is 16.5. The zero-order chi connectivity index (χ0) is 15.1. The first-order valence-electron chi connectivity index (χ1n) is 6.95. The van der Waals surface area contributed by atoms with Crippen molar-refractivity contribution in [3.63, 3.8) is 0 Å². The number of nitrogens with one attached hydrogen (secondary N) is 1. The van der Waals surface area contributed by atoms with Crippen molar-refractivity contribution in [1.29, 1.82) is 5.26 Å². The van der Waals surface area contributed by atoms with Crippen molar-refractivity contribution in [2.24, 2.45) is 0 Å². The van der Waals surface area contributed by atoms with Gasteiger partial charge in [0.1, 0.15) is 11.6 Å². The molecule has 2 heterocycles. The molecule has 0 atom stereocenters. The van der Waals surface area contributed by atoms with Gasteiger partial charge in [0.15, 0.2) is 0 Å². The van der Waals surface area contributed by atoms with Crippen LogP contribution in [0.1, 0.15) is 10.4 Å². The molecule has 2 rings (SSSR count). The summed E-state index contributed by atoms with van der Waals surface area (Å²) >= 11 is 1.53. The van der Waals surface area contributed by atoms with Gasteiger partial charge in [-0.2, -0.15) is 5.26 Å². The lowest BCUT2D eigenvalue weighted by molar-refractivity contribution is -0.117. The second-order valence-electron chi connectivity index (χ2n) is 4.85. The summed E-state index contributed by atoms with van der Waals surface area (Å²) in [6.45, 7) is 6.57. The van der Waals surface area contributed by atoms with Crippen molar-refractivity contribution in [1.82, 2.24) is 10.2 Å². The van der Waals surface area contributed by atoms with E-state index in [9.17, 15) is 4.79 Å². The number of thiophene rings is 1. The SMILES string of the molecule is Cc1ccsc1/C=C(\C#N)C(=O)NCCN1CCOCC1. The molecule has 1 N–H and O–H groups in total. The summed E-state index contributed by atoms with van der Waals surface area (Å²) in [6, 6.07) is 3.95. The third-order valence-corrected chi connectivity index (χ3v) is 4.33. The van der Waals surface area contributed by atoms with E-state index in [2.05, 4.69) is 10.2 Å². The maximum Gasteiger partial charge on any atom is 0.262 e. The van der Waals surface area contributed by atoms with Crippen LogP contribution in [0.2, 0.25) is 0 Å². The average Bonchev–Trinajstić information content (AvgIpc) is 2.91. The minimum atomic E-state index is -0.307. The number of nitrogens with zero attached hydrogens (tertiary/aromatic N) is 2. The molecule has 0 spiro atoms. The Balaban J connectivity index is 1.84. The molecule has 1 amide bonds. The minimum absolute atomic E-state index is 0.155. The molecule has 112 valence electrons. The summed E-state index contributed by atoms with van der Waals surface area (Å²) in [6.07, 6.45) is 1.66. The van der Waals surface area contributed by atoms with E-state index in [0.717, 1.165) is 43.3 Å². The molecular formula is C15H19N3O2S. The van der Waals surface area contributed by atoms with Gasteiger partial charge in [-0.05, 0) is 30.0 Å². The first kappa shape index (κ1) is 15.7. The van der Waals surface area contributed by atoms with E-state index in [1.807, 2.05) is 24.4 Å². The Bertz CT molecular complexity index is 554. The van der Waals surface area contributed by atoms with Gasteiger partial charge in [-0.15, -0.1) is 11.3 Å². The van der Waals surface area contributed by atoms with Crippen molar-refractivity contribution in [3.8, 4) is 6.07 Å². The first-order valence-corrected chi connectivity index (χ1v) is 7.83. The number of rotatable bonds is 5. The molecule has 6 heteroatoms. The van der Waals surface area contributed by atoms with Gasteiger partial charge in [0.05, 0.1) is 13.2 Å². The van der Waals surface area contributed by atoms with Crippen LogP contribution in [0, 0.1) is 18.3 Å². The van der Waals surface area contributed by atoms with Crippen molar-refractivity contribution in [2.45, 2.75) is 6.92 Å². The number of hydrogen-bond donors (Lipinski definition) is 1. The molecule has 0 unspecified atom stereocenters. The van der Waals surface area contributed by atoms with E-state index in [1.54, 1.807) is 6.08 Å². The Kier molecular flexibility index (Phi) is 5.93. The van der Waals surface area contributed by atoms with Crippen molar-refractivity contribution in [3.05, 3.63) is 27.5 Å². The smallest absolute Gasteiger partial charge is 0.262 e. The fourth-order valence-corrected chi connectivity index (χ4v) is 2.92. The Morgan fingerprint density at radius 1 is 1.57 bits per heavy atom. The van der Waals surface area contributed by atoms with Crippen LogP contribution in [0.4, 0.5) is 0 Å². The number of amides is 1. The Morgan fingerprint density at radius 2 is 2.33 bits per heavy atom. The number of carbonyl (C=O) groups excluding carboxylic acids is 1. The molecule has 0 bridgehead atoms. The predicted molar refractivity (Wildman–Crippen MR) is 82.9 cm³/mol. The van der Waals surface area contributed by atoms with Gasteiger partial charge in [0, 0.05) is 31.1 Å². The van der Waals surface area contributed by atoms with Crippen LogP contribution >= 0.6 is 11.3 Å². The highest BCUT2D eigenvalue weighted by Gasteiger charge is 2.12.